The van der Waals surface area contributed by atoms with Crippen LogP contribution in [0.3, 0.4) is 0 Å². The molecular weight excluding hydrogens is 262 g/mol. The fourth-order valence-electron chi connectivity index (χ4n) is 3.26. The topological polar surface area (TPSA) is 30.5 Å². The quantitative estimate of drug-likeness (QED) is 0.829. The Bertz CT molecular complexity index is 421. The molecule has 1 saturated carbocycles. The Hall–Kier alpha value is -1.06. The molecule has 1 aromatic rings. The molecule has 1 aromatic carbocycles. The van der Waals surface area contributed by atoms with Crippen molar-refractivity contribution in [2.75, 3.05) is 13.7 Å². The van der Waals surface area contributed by atoms with E-state index in [2.05, 4.69) is 37.4 Å². The average molecular weight is 291 g/mol. The molecule has 0 aliphatic heterocycles. The van der Waals surface area contributed by atoms with Crippen molar-refractivity contribution in [1.82, 2.24) is 5.32 Å². The van der Waals surface area contributed by atoms with Crippen LogP contribution in [0.25, 0.3) is 0 Å². The minimum absolute atomic E-state index is 0.279. The Labute approximate surface area is 129 Å². The molecule has 0 aromatic heterocycles. The highest BCUT2D eigenvalue weighted by atomic mass is 16.5. The van der Waals surface area contributed by atoms with E-state index in [1.807, 2.05) is 6.07 Å². The van der Waals surface area contributed by atoms with Crippen molar-refractivity contribution in [2.45, 2.75) is 58.3 Å². The van der Waals surface area contributed by atoms with E-state index in [0.717, 1.165) is 30.2 Å². The van der Waals surface area contributed by atoms with Crippen LogP contribution in [0.1, 0.15) is 45.1 Å². The van der Waals surface area contributed by atoms with E-state index in [1.165, 1.54) is 19.3 Å². The second-order valence-electron chi connectivity index (χ2n) is 5.99. The Morgan fingerprint density at radius 3 is 2.81 bits per heavy atom. The van der Waals surface area contributed by atoms with Gasteiger partial charge in [-0.15, -0.1) is 0 Å². The fraction of sp³-hybridized carbons (Fsp3) is 0.667. The van der Waals surface area contributed by atoms with Gasteiger partial charge in [-0.05, 0) is 49.4 Å². The molecule has 0 amide bonds. The molecule has 1 aliphatic carbocycles. The number of ether oxygens (including phenoxy) is 2. The predicted octanol–water partition coefficient (Wildman–Crippen LogP) is 3.77. The molecule has 3 atom stereocenters. The minimum atomic E-state index is 0.279. The lowest BCUT2D eigenvalue weighted by molar-refractivity contribution is 0.0853. The maximum atomic E-state index is 6.32. The molecule has 3 unspecified atom stereocenters. The number of methoxy groups -OCH3 is 1. The maximum absolute atomic E-state index is 6.32. The number of likely N-dealkylation sites (N-methyl/N-ethyl adjacent to an activating group) is 1. The predicted molar refractivity (Wildman–Crippen MR) is 86.7 cm³/mol. The van der Waals surface area contributed by atoms with Crippen molar-refractivity contribution in [3.63, 3.8) is 0 Å². The molecule has 0 saturated heterocycles. The van der Waals surface area contributed by atoms with Gasteiger partial charge in [-0.25, -0.2) is 0 Å². The van der Waals surface area contributed by atoms with Crippen molar-refractivity contribution >= 4 is 0 Å². The first-order valence-electron chi connectivity index (χ1n) is 8.24. The summed E-state index contributed by atoms with van der Waals surface area (Å²) in [5.74, 6) is 1.77. The first-order chi connectivity index (χ1) is 10.3. The highest BCUT2D eigenvalue weighted by molar-refractivity contribution is 5.28. The summed E-state index contributed by atoms with van der Waals surface area (Å²) in [6.07, 6.45) is 5.22. The normalized spacial score (nSPS) is 25.8. The lowest BCUT2D eigenvalue weighted by Crippen LogP contribution is -2.47. The zero-order valence-electron chi connectivity index (χ0n) is 13.6. The monoisotopic (exact) mass is 291 g/mol. The molecule has 1 N–H and O–H groups in total. The summed E-state index contributed by atoms with van der Waals surface area (Å²) < 4.78 is 11.5. The van der Waals surface area contributed by atoms with Crippen LogP contribution < -0.4 is 10.1 Å². The lowest BCUT2D eigenvalue weighted by Gasteiger charge is -2.36. The van der Waals surface area contributed by atoms with Gasteiger partial charge >= 0.3 is 0 Å². The van der Waals surface area contributed by atoms with Crippen LogP contribution >= 0.6 is 0 Å². The van der Waals surface area contributed by atoms with E-state index in [9.17, 15) is 0 Å². The maximum Gasteiger partial charge on any atom is 0.120 e. The third-order valence-electron chi connectivity index (χ3n) is 4.44. The van der Waals surface area contributed by atoms with Gasteiger partial charge in [-0.3, -0.25) is 0 Å². The van der Waals surface area contributed by atoms with E-state index in [-0.39, 0.29) is 6.10 Å². The number of hydrogen-bond donors (Lipinski definition) is 1. The first kappa shape index (κ1) is 16.3. The Kier molecular flexibility index (Phi) is 6.52. The van der Waals surface area contributed by atoms with Crippen molar-refractivity contribution in [3.05, 3.63) is 29.8 Å². The molecule has 21 heavy (non-hydrogen) atoms. The van der Waals surface area contributed by atoms with Gasteiger partial charge in [-0.1, -0.05) is 32.4 Å². The molecule has 118 valence electrons. The third kappa shape index (κ3) is 4.72. The highest BCUT2D eigenvalue weighted by Gasteiger charge is 2.30. The van der Waals surface area contributed by atoms with Gasteiger partial charge in [0.2, 0.25) is 0 Å². The van der Waals surface area contributed by atoms with Gasteiger partial charge in [0.1, 0.15) is 11.9 Å². The van der Waals surface area contributed by atoms with E-state index in [0.29, 0.717) is 12.6 Å². The molecule has 3 heteroatoms. The summed E-state index contributed by atoms with van der Waals surface area (Å²) >= 11 is 0. The van der Waals surface area contributed by atoms with Gasteiger partial charge in [0, 0.05) is 13.2 Å². The van der Waals surface area contributed by atoms with Crippen LogP contribution in [0.5, 0.6) is 5.75 Å². The summed E-state index contributed by atoms with van der Waals surface area (Å²) in [6.45, 7) is 6.10. The summed E-state index contributed by atoms with van der Waals surface area (Å²) in [6, 6.07) is 8.75. The van der Waals surface area contributed by atoms with Gasteiger partial charge < -0.3 is 14.8 Å². The van der Waals surface area contributed by atoms with Gasteiger partial charge in [-0.2, -0.15) is 0 Å². The fourth-order valence-corrected chi connectivity index (χ4v) is 3.26. The molecule has 0 radical (unpaired) electrons. The molecule has 1 aliphatic rings. The van der Waals surface area contributed by atoms with Crippen LogP contribution in [0.4, 0.5) is 0 Å². The number of rotatable bonds is 7. The van der Waals surface area contributed by atoms with Gasteiger partial charge in [0.25, 0.3) is 0 Å². The Morgan fingerprint density at radius 1 is 1.24 bits per heavy atom. The van der Waals surface area contributed by atoms with E-state index < -0.39 is 0 Å². The Morgan fingerprint density at radius 2 is 2.10 bits per heavy atom. The summed E-state index contributed by atoms with van der Waals surface area (Å²) in [5, 5.41) is 3.59. The van der Waals surface area contributed by atoms with Crippen molar-refractivity contribution in [2.24, 2.45) is 5.92 Å². The van der Waals surface area contributed by atoms with Crippen LogP contribution in [-0.4, -0.2) is 25.8 Å². The minimum Gasteiger partial charge on any atom is -0.489 e. The molecular formula is C18H29NO2. The van der Waals surface area contributed by atoms with Crippen LogP contribution in [-0.2, 0) is 11.3 Å². The largest absolute Gasteiger partial charge is 0.489 e. The van der Waals surface area contributed by atoms with E-state index in [1.54, 1.807) is 7.11 Å². The van der Waals surface area contributed by atoms with E-state index in [4.69, 9.17) is 9.47 Å². The smallest absolute Gasteiger partial charge is 0.120 e. The zero-order chi connectivity index (χ0) is 15.1. The molecule has 0 bridgehead atoms. The molecule has 0 heterocycles. The highest BCUT2D eigenvalue weighted by Crippen LogP contribution is 2.30. The summed E-state index contributed by atoms with van der Waals surface area (Å²) in [7, 11) is 1.72. The number of hydrogen-bond acceptors (Lipinski definition) is 3. The molecule has 3 nitrogen and oxygen atoms in total. The summed E-state index contributed by atoms with van der Waals surface area (Å²) in [5.41, 5.74) is 1.16. The molecule has 1 fully saturated rings. The van der Waals surface area contributed by atoms with Crippen molar-refractivity contribution in [3.8, 4) is 5.75 Å². The van der Waals surface area contributed by atoms with E-state index >= 15 is 0 Å². The zero-order valence-corrected chi connectivity index (χ0v) is 13.6. The van der Waals surface area contributed by atoms with Gasteiger partial charge in [0.15, 0.2) is 0 Å². The van der Waals surface area contributed by atoms with Gasteiger partial charge in [0.05, 0.1) is 6.61 Å². The standard InChI is InChI=1S/C18H29NO2/c1-4-14-9-10-17(19-5-2)18(12-14)21-16-8-6-7-15(11-16)13-20-3/h6-8,11,14,17-19H,4-5,9-10,12-13H2,1-3H3. The van der Waals surface area contributed by atoms with Crippen LogP contribution in [0, 0.1) is 5.92 Å². The SMILES string of the molecule is CCNC1CCC(CC)CC1Oc1cccc(COC)c1. The second kappa shape index (κ2) is 8.40. The average Bonchev–Trinajstić information content (AvgIpc) is 2.50. The third-order valence-corrected chi connectivity index (χ3v) is 4.44. The number of nitrogens with one attached hydrogen (secondary N) is 1. The summed E-state index contributed by atoms with van der Waals surface area (Å²) in [4.78, 5) is 0. The lowest BCUT2D eigenvalue weighted by atomic mass is 9.82. The number of benzene rings is 1. The van der Waals surface area contributed by atoms with Crippen molar-refractivity contribution in [1.29, 1.82) is 0 Å². The second-order valence-corrected chi connectivity index (χ2v) is 5.99. The molecule has 0 spiro atoms. The molecule has 2 rings (SSSR count). The first-order valence-corrected chi connectivity index (χ1v) is 8.24. The van der Waals surface area contributed by atoms with Crippen LogP contribution in [0.2, 0.25) is 0 Å². The Balaban J connectivity index is 2.04. The van der Waals surface area contributed by atoms with Crippen LogP contribution in [0.15, 0.2) is 24.3 Å². The van der Waals surface area contributed by atoms with Crippen molar-refractivity contribution < 1.29 is 9.47 Å².